The van der Waals surface area contributed by atoms with Crippen molar-refractivity contribution in [3.05, 3.63) is 0 Å². The summed E-state index contributed by atoms with van der Waals surface area (Å²) in [5.41, 5.74) is -4.59. The summed E-state index contributed by atoms with van der Waals surface area (Å²) >= 11 is 0. The van der Waals surface area contributed by atoms with Crippen molar-refractivity contribution in [1.82, 2.24) is 4.90 Å². The van der Waals surface area contributed by atoms with Gasteiger partial charge in [0, 0.05) is 52.9 Å². The van der Waals surface area contributed by atoms with Gasteiger partial charge in [-0.1, -0.05) is 13.8 Å². The molecular weight excluding hydrogens is 494 g/mol. The molecule has 7 bridgehead atoms. The van der Waals surface area contributed by atoms with Crippen molar-refractivity contribution in [3.8, 4) is 0 Å². The first-order valence-electron chi connectivity index (χ1n) is 14.2. The highest BCUT2D eigenvalue weighted by Gasteiger charge is 2.98. The molecule has 212 valence electrons. The van der Waals surface area contributed by atoms with Gasteiger partial charge in [-0.25, -0.2) is 0 Å². The number of likely N-dealkylation sites (tertiary alicyclic amines) is 1. The molecule has 13 atom stereocenters. The van der Waals surface area contributed by atoms with Crippen molar-refractivity contribution in [2.45, 2.75) is 101 Å². The molecule has 2 aliphatic heterocycles. The van der Waals surface area contributed by atoms with Gasteiger partial charge in [0.25, 0.3) is 0 Å². The molecule has 3 spiro atoms. The molecule has 0 radical (unpaired) electrons. The van der Waals surface area contributed by atoms with Crippen molar-refractivity contribution in [3.63, 3.8) is 0 Å². The Balaban J connectivity index is 1.60. The number of ether oxygens (including phenoxy) is 6. The van der Waals surface area contributed by atoms with E-state index in [4.69, 9.17) is 28.4 Å². The monoisotopic (exact) mass is 535 g/mol. The Labute approximate surface area is 223 Å². The van der Waals surface area contributed by atoms with Crippen LogP contribution in [0.25, 0.3) is 0 Å². The summed E-state index contributed by atoms with van der Waals surface area (Å²) in [6.07, 6.45) is 0.595. The molecule has 2 heterocycles. The molecule has 0 aromatic rings. The van der Waals surface area contributed by atoms with Crippen LogP contribution in [0.2, 0.25) is 0 Å². The second kappa shape index (κ2) is 7.70. The number of methoxy groups -OCH3 is 2. The number of aliphatic hydroxyl groups is 1. The molecule has 10 nitrogen and oxygen atoms in total. The van der Waals surface area contributed by atoms with E-state index in [1.54, 1.807) is 14.2 Å². The van der Waals surface area contributed by atoms with Gasteiger partial charge < -0.3 is 33.5 Å². The fourth-order valence-corrected chi connectivity index (χ4v) is 11.8. The molecule has 2 saturated heterocycles. The molecule has 7 rings (SSSR count). The quantitative estimate of drug-likeness (QED) is 0.517. The van der Waals surface area contributed by atoms with Crippen LogP contribution in [0.3, 0.4) is 0 Å². The Kier molecular flexibility index (Phi) is 5.20. The predicted molar refractivity (Wildman–Crippen MR) is 131 cm³/mol. The number of carbonyl (C=O) groups excluding carboxylic acids is 2. The lowest BCUT2D eigenvalue weighted by Gasteiger charge is -2.71. The van der Waals surface area contributed by atoms with Gasteiger partial charge in [-0.3, -0.25) is 14.5 Å². The fraction of sp³-hybridized carbons (Fsp3) is 0.929. The van der Waals surface area contributed by atoms with Crippen LogP contribution in [0.1, 0.15) is 53.4 Å². The average molecular weight is 536 g/mol. The van der Waals surface area contributed by atoms with E-state index in [9.17, 15) is 14.7 Å². The Hall–Kier alpha value is -1.30. The number of likely N-dealkylation sites (N-methyl/N-ethyl adjacent to an activating group) is 1. The number of hydrogen-bond acceptors (Lipinski definition) is 10. The predicted octanol–water partition coefficient (Wildman–Crippen LogP) is 1.27. The summed E-state index contributed by atoms with van der Waals surface area (Å²) in [4.78, 5) is 27.7. The van der Waals surface area contributed by atoms with E-state index in [2.05, 4.69) is 18.7 Å². The number of carbonyl (C=O) groups is 2. The molecule has 10 heteroatoms. The number of esters is 2. The van der Waals surface area contributed by atoms with Crippen molar-refractivity contribution in [2.24, 2.45) is 28.6 Å². The molecule has 0 unspecified atom stereocenters. The summed E-state index contributed by atoms with van der Waals surface area (Å²) in [7, 11) is 3.38. The minimum absolute atomic E-state index is 0.00343. The van der Waals surface area contributed by atoms with E-state index < -0.39 is 46.3 Å². The van der Waals surface area contributed by atoms with Crippen molar-refractivity contribution < 1.29 is 43.1 Å². The first-order chi connectivity index (χ1) is 18.0. The third-order valence-electron chi connectivity index (χ3n) is 12.2. The van der Waals surface area contributed by atoms with Gasteiger partial charge in [-0.2, -0.15) is 0 Å². The summed E-state index contributed by atoms with van der Waals surface area (Å²) in [6, 6.07) is -0.316. The highest BCUT2D eigenvalue weighted by molar-refractivity contribution is 5.67. The van der Waals surface area contributed by atoms with Gasteiger partial charge in [0.15, 0.2) is 5.60 Å². The number of nitrogens with zero attached hydrogens (tertiary/aromatic N) is 1. The first-order valence-corrected chi connectivity index (χ1v) is 14.2. The second-order valence-corrected chi connectivity index (χ2v) is 13.2. The van der Waals surface area contributed by atoms with Crippen LogP contribution in [0, 0.1) is 28.6 Å². The largest absolute Gasteiger partial charge is 0.462 e. The van der Waals surface area contributed by atoms with E-state index >= 15 is 0 Å². The lowest BCUT2D eigenvalue weighted by atomic mass is 9.41. The maximum Gasteiger partial charge on any atom is 0.303 e. The lowest BCUT2D eigenvalue weighted by Crippen LogP contribution is -2.85. The lowest BCUT2D eigenvalue weighted by molar-refractivity contribution is -0.331. The molecule has 1 N–H and O–H groups in total. The van der Waals surface area contributed by atoms with Gasteiger partial charge in [0.05, 0.1) is 35.2 Å². The Morgan fingerprint density at radius 1 is 1.05 bits per heavy atom. The van der Waals surface area contributed by atoms with Crippen LogP contribution in [0.4, 0.5) is 0 Å². The smallest absolute Gasteiger partial charge is 0.303 e. The van der Waals surface area contributed by atoms with E-state index in [1.807, 2.05) is 0 Å². The second-order valence-electron chi connectivity index (χ2n) is 13.2. The summed E-state index contributed by atoms with van der Waals surface area (Å²) in [6.45, 7) is 8.81. The van der Waals surface area contributed by atoms with Gasteiger partial charge in [-0.15, -0.1) is 0 Å². The molecular formula is C28H41NO9. The van der Waals surface area contributed by atoms with Gasteiger partial charge in [0.1, 0.15) is 24.6 Å². The van der Waals surface area contributed by atoms with E-state index in [-0.39, 0.29) is 48.3 Å². The van der Waals surface area contributed by atoms with Gasteiger partial charge >= 0.3 is 11.9 Å². The zero-order valence-electron chi connectivity index (χ0n) is 23.2. The summed E-state index contributed by atoms with van der Waals surface area (Å²) < 4.78 is 38.4. The summed E-state index contributed by atoms with van der Waals surface area (Å²) in [5.74, 6) is -1.78. The molecule has 7 fully saturated rings. The third kappa shape index (κ3) is 2.42. The topological polar surface area (TPSA) is 113 Å². The zero-order valence-corrected chi connectivity index (χ0v) is 23.2. The van der Waals surface area contributed by atoms with Crippen molar-refractivity contribution >= 4 is 11.9 Å². The van der Waals surface area contributed by atoms with Crippen LogP contribution in [0.5, 0.6) is 0 Å². The van der Waals surface area contributed by atoms with Crippen LogP contribution >= 0.6 is 0 Å². The molecule has 0 amide bonds. The van der Waals surface area contributed by atoms with Crippen LogP contribution in [0.15, 0.2) is 0 Å². The number of piperidine rings is 1. The molecule has 38 heavy (non-hydrogen) atoms. The first kappa shape index (κ1) is 25.7. The number of fused-ring (bicyclic) bond motifs is 1. The average Bonchev–Trinajstić information content (AvgIpc) is 3.39. The highest BCUT2D eigenvalue weighted by atomic mass is 16.7. The Morgan fingerprint density at radius 3 is 2.42 bits per heavy atom. The number of rotatable bonds is 5. The van der Waals surface area contributed by atoms with Crippen molar-refractivity contribution in [1.29, 1.82) is 0 Å². The minimum Gasteiger partial charge on any atom is -0.462 e. The SMILES string of the molecule is CCN1C[C@]2(C)CC[C@@H](OC)[C@]34[C@@H]2[C@H](OC(C)=O)[C@]2(OCO[C@@]25C[C@H](OC)[C@H]2C[C@]3(O)[C@@H]5[C@H]2OC(C)=O)[C@@H]14. The molecule has 7 aliphatic rings. The molecule has 5 aliphatic carbocycles. The summed E-state index contributed by atoms with van der Waals surface area (Å²) in [5, 5.41) is 13.5. The normalized spacial score (nSPS) is 57.4. The molecule has 0 aromatic carbocycles. The maximum absolute atomic E-state index is 13.5. The Bertz CT molecular complexity index is 1070. The maximum atomic E-state index is 13.5. The van der Waals surface area contributed by atoms with E-state index in [0.717, 1.165) is 25.9 Å². The van der Waals surface area contributed by atoms with Gasteiger partial charge in [-0.05, 0) is 31.2 Å². The Morgan fingerprint density at radius 2 is 1.79 bits per heavy atom. The van der Waals surface area contributed by atoms with Crippen LogP contribution in [-0.4, -0.2) is 103 Å². The zero-order chi connectivity index (χ0) is 27.0. The third-order valence-corrected chi connectivity index (χ3v) is 12.2. The fourth-order valence-electron chi connectivity index (χ4n) is 11.8. The van der Waals surface area contributed by atoms with Crippen molar-refractivity contribution in [2.75, 3.05) is 34.1 Å². The molecule has 5 saturated carbocycles. The standard InChI is InChI=1S/C28H41NO9/c1-7-29-12-24(4)9-8-18(34-6)27-21(24)22(38-15(3)31)28(23(27)29)26(35-13-36-28)11-17(33-5)16-10-25(27,32)20(26)19(16)37-14(2)30/h16-23,32H,7-13H2,1-6H3/t16-,17+,18-,19+,20+,21-,22+,23+,24+,25+,26-,27-,28+/m1/s1. The van der Waals surface area contributed by atoms with Crippen LogP contribution in [-0.2, 0) is 38.0 Å². The molecule has 0 aromatic heterocycles. The highest BCUT2D eigenvalue weighted by Crippen LogP contribution is 2.83. The van der Waals surface area contributed by atoms with Gasteiger partial charge in [0.2, 0.25) is 0 Å². The van der Waals surface area contributed by atoms with Crippen LogP contribution < -0.4 is 0 Å². The number of hydrogen-bond donors (Lipinski definition) is 1. The minimum atomic E-state index is -1.33. The van der Waals surface area contributed by atoms with E-state index in [1.165, 1.54) is 13.8 Å². The van der Waals surface area contributed by atoms with E-state index in [0.29, 0.717) is 12.8 Å².